The van der Waals surface area contributed by atoms with E-state index < -0.39 is 0 Å². The highest BCUT2D eigenvalue weighted by atomic mass is 16.5. The standard InChI is InChI=1S/C12H12N2O2/c15-12(14-9-4-8-13-14)7-10-16-11-5-2-1-3-6-11/h1-6,8-9H,7,10H2. The van der Waals surface area contributed by atoms with Crippen LogP contribution in [0.25, 0.3) is 0 Å². The molecule has 1 aromatic carbocycles. The summed E-state index contributed by atoms with van der Waals surface area (Å²) in [6, 6.07) is 11.1. The predicted molar refractivity (Wildman–Crippen MR) is 59.4 cm³/mol. The number of nitrogens with zero attached hydrogens (tertiary/aromatic N) is 2. The van der Waals surface area contributed by atoms with Gasteiger partial charge in [0.25, 0.3) is 0 Å². The topological polar surface area (TPSA) is 44.1 Å². The van der Waals surface area contributed by atoms with Crippen LogP contribution in [0.2, 0.25) is 0 Å². The molecule has 2 aromatic rings. The highest BCUT2D eigenvalue weighted by Crippen LogP contribution is 2.08. The summed E-state index contributed by atoms with van der Waals surface area (Å²) in [5, 5.41) is 3.85. The summed E-state index contributed by atoms with van der Waals surface area (Å²) >= 11 is 0. The van der Waals surface area contributed by atoms with Gasteiger partial charge in [-0.05, 0) is 18.2 Å². The van der Waals surface area contributed by atoms with Crippen LogP contribution in [0, 0.1) is 0 Å². The summed E-state index contributed by atoms with van der Waals surface area (Å²) in [5.74, 6) is 0.705. The average Bonchev–Trinajstić information content (AvgIpc) is 2.84. The summed E-state index contributed by atoms with van der Waals surface area (Å²) in [5.41, 5.74) is 0. The first kappa shape index (κ1) is 10.4. The molecule has 4 nitrogen and oxygen atoms in total. The minimum absolute atomic E-state index is 0.0686. The number of aromatic nitrogens is 2. The second-order valence-electron chi connectivity index (χ2n) is 3.26. The van der Waals surface area contributed by atoms with Gasteiger partial charge >= 0.3 is 0 Å². The van der Waals surface area contributed by atoms with Gasteiger partial charge in [0.15, 0.2) is 0 Å². The molecule has 82 valence electrons. The Labute approximate surface area is 93.5 Å². The maximum absolute atomic E-state index is 11.5. The summed E-state index contributed by atoms with van der Waals surface area (Å²) in [6.07, 6.45) is 3.53. The number of rotatable bonds is 4. The quantitative estimate of drug-likeness (QED) is 0.785. The third kappa shape index (κ3) is 2.70. The largest absolute Gasteiger partial charge is 0.493 e. The lowest BCUT2D eigenvalue weighted by molar-refractivity contribution is 0.0865. The summed E-state index contributed by atoms with van der Waals surface area (Å²) in [6.45, 7) is 0.364. The van der Waals surface area contributed by atoms with Gasteiger partial charge < -0.3 is 4.74 Å². The number of para-hydroxylation sites is 1. The van der Waals surface area contributed by atoms with E-state index in [1.807, 2.05) is 30.3 Å². The molecule has 0 amide bonds. The van der Waals surface area contributed by atoms with E-state index >= 15 is 0 Å². The second-order valence-corrected chi connectivity index (χ2v) is 3.26. The maximum atomic E-state index is 11.5. The molecule has 0 radical (unpaired) electrons. The SMILES string of the molecule is O=C(CCOc1ccccc1)n1cccn1. The molecular formula is C12H12N2O2. The Kier molecular flexibility index (Phi) is 3.33. The fraction of sp³-hybridized carbons (Fsp3) is 0.167. The molecule has 0 fully saturated rings. The maximum Gasteiger partial charge on any atom is 0.250 e. The normalized spacial score (nSPS) is 10.0. The third-order valence-corrected chi connectivity index (χ3v) is 2.09. The summed E-state index contributed by atoms with van der Waals surface area (Å²) in [7, 11) is 0. The monoisotopic (exact) mass is 216 g/mol. The van der Waals surface area contributed by atoms with Gasteiger partial charge in [0.05, 0.1) is 13.0 Å². The highest BCUT2D eigenvalue weighted by molar-refractivity contribution is 5.77. The zero-order valence-corrected chi connectivity index (χ0v) is 8.74. The zero-order chi connectivity index (χ0) is 11.2. The van der Waals surface area contributed by atoms with E-state index in [9.17, 15) is 4.79 Å². The molecule has 0 aliphatic heterocycles. The van der Waals surface area contributed by atoms with E-state index in [-0.39, 0.29) is 5.91 Å². The van der Waals surface area contributed by atoms with Crippen molar-refractivity contribution in [1.29, 1.82) is 0 Å². The van der Waals surface area contributed by atoms with E-state index in [2.05, 4.69) is 5.10 Å². The molecule has 0 aliphatic carbocycles. The van der Waals surface area contributed by atoms with E-state index in [0.717, 1.165) is 5.75 Å². The molecule has 0 spiro atoms. The second kappa shape index (κ2) is 5.11. The van der Waals surface area contributed by atoms with Crippen LogP contribution < -0.4 is 4.74 Å². The van der Waals surface area contributed by atoms with Crippen LogP contribution in [0.3, 0.4) is 0 Å². The van der Waals surface area contributed by atoms with E-state index in [1.165, 1.54) is 4.68 Å². The van der Waals surface area contributed by atoms with Gasteiger partial charge in [0.2, 0.25) is 5.91 Å². The van der Waals surface area contributed by atoms with Crippen molar-refractivity contribution in [1.82, 2.24) is 9.78 Å². The minimum Gasteiger partial charge on any atom is -0.493 e. The molecule has 1 heterocycles. The Hall–Kier alpha value is -2.10. The van der Waals surface area contributed by atoms with Gasteiger partial charge in [-0.2, -0.15) is 5.10 Å². The minimum atomic E-state index is -0.0686. The number of hydrogen-bond acceptors (Lipinski definition) is 3. The lowest BCUT2D eigenvalue weighted by atomic mass is 10.3. The summed E-state index contributed by atoms with van der Waals surface area (Å²) < 4.78 is 6.73. The number of carbonyl (C=O) groups is 1. The Balaban J connectivity index is 1.79. The van der Waals surface area contributed by atoms with Crippen molar-refractivity contribution < 1.29 is 9.53 Å². The first-order valence-corrected chi connectivity index (χ1v) is 5.07. The van der Waals surface area contributed by atoms with E-state index in [1.54, 1.807) is 18.5 Å². The van der Waals surface area contributed by atoms with Crippen molar-refractivity contribution in [3.63, 3.8) is 0 Å². The van der Waals surface area contributed by atoms with Crippen molar-refractivity contribution in [3.8, 4) is 5.75 Å². The zero-order valence-electron chi connectivity index (χ0n) is 8.74. The molecule has 0 atom stereocenters. The van der Waals surface area contributed by atoms with Gasteiger partial charge in [-0.15, -0.1) is 0 Å². The Bertz CT molecular complexity index is 437. The first-order valence-electron chi connectivity index (χ1n) is 5.07. The van der Waals surface area contributed by atoms with Crippen LogP contribution in [0.4, 0.5) is 0 Å². The smallest absolute Gasteiger partial charge is 0.250 e. The molecule has 0 unspecified atom stereocenters. The van der Waals surface area contributed by atoms with Gasteiger partial charge in [-0.3, -0.25) is 4.79 Å². The van der Waals surface area contributed by atoms with Crippen LogP contribution in [0.5, 0.6) is 5.75 Å². The van der Waals surface area contributed by atoms with Crippen molar-refractivity contribution >= 4 is 5.91 Å². The van der Waals surface area contributed by atoms with Crippen LogP contribution in [0.1, 0.15) is 11.2 Å². The molecule has 16 heavy (non-hydrogen) atoms. The van der Waals surface area contributed by atoms with Crippen LogP contribution in [-0.2, 0) is 0 Å². The average molecular weight is 216 g/mol. The molecule has 1 aromatic heterocycles. The molecule has 0 N–H and O–H groups in total. The Morgan fingerprint density at radius 1 is 1.25 bits per heavy atom. The van der Waals surface area contributed by atoms with Crippen LogP contribution >= 0.6 is 0 Å². The molecule has 4 heteroatoms. The third-order valence-electron chi connectivity index (χ3n) is 2.09. The van der Waals surface area contributed by atoms with E-state index in [4.69, 9.17) is 4.74 Å². The number of benzene rings is 1. The van der Waals surface area contributed by atoms with Crippen molar-refractivity contribution in [2.24, 2.45) is 0 Å². The Morgan fingerprint density at radius 2 is 2.06 bits per heavy atom. The summed E-state index contributed by atoms with van der Waals surface area (Å²) in [4.78, 5) is 11.5. The molecule has 0 bridgehead atoms. The fourth-order valence-electron chi connectivity index (χ4n) is 1.30. The van der Waals surface area contributed by atoms with Gasteiger partial charge in [0.1, 0.15) is 5.75 Å². The number of ether oxygens (including phenoxy) is 1. The van der Waals surface area contributed by atoms with Crippen molar-refractivity contribution in [3.05, 3.63) is 48.8 Å². The fourth-order valence-corrected chi connectivity index (χ4v) is 1.30. The molecular weight excluding hydrogens is 204 g/mol. The molecule has 0 aliphatic rings. The molecule has 0 saturated carbocycles. The predicted octanol–water partition coefficient (Wildman–Crippen LogP) is 1.99. The number of carbonyl (C=O) groups excluding carboxylic acids is 1. The molecule has 0 saturated heterocycles. The van der Waals surface area contributed by atoms with E-state index in [0.29, 0.717) is 13.0 Å². The first-order chi connectivity index (χ1) is 7.86. The van der Waals surface area contributed by atoms with Gasteiger partial charge in [-0.1, -0.05) is 18.2 Å². The van der Waals surface area contributed by atoms with Crippen molar-refractivity contribution in [2.75, 3.05) is 6.61 Å². The molecule has 2 rings (SSSR count). The van der Waals surface area contributed by atoms with Crippen LogP contribution in [0.15, 0.2) is 48.8 Å². The van der Waals surface area contributed by atoms with Crippen molar-refractivity contribution in [2.45, 2.75) is 6.42 Å². The number of hydrogen-bond donors (Lipinski definition) is 0. The lowest BCUT2D eigenvalue weighted by Gasteiger charge is -2.04. The van der Waals surface area contributed by atoms with Crippen LogP contribution in [-0.4, -0.2) is 22.3 Å². The lowest BCUT2D eigenvalue weighted by Crippen LogP contribution is -2.14. The van der Waals surface area contributed by atoms with Gasteiger partial charge in [-0.25, -0.2) is 4.68 Å². The highest BCUT2D eigenvalue weighted by Gasteiger charge is 2.04. The Morgan fingerprint density at radius 3 is 2.75 bits per heavy atom. The van der Waals surface area contributed by atoms with Gasteiger partial charge in [0, 0.05) is 12.4 Å².